The van der Waals surface area contributed by atoms with Gasteiger partial charge in [-0.05, 0) is 43.3 Å². The minimum atomic E-state index is 0.870. The number of nitrogens with one attached hydrogen (secondary N) is 1. The van der Waals surface area contributed by atoms with Crippen molar-refractivity contribution in [2.45, 2.75) is 20.4 Å². The summed E-state index contributed by atoms with van der Waals surface area (Å²) in [4.78, 5) is 4.99. The smallest absolute Gasteiger partial charge is 0.0400 e. The van der Waals surface area contributed by atoms with E-state index in [1.54, 1.807) is 0 Å². The van der Waals surface area contributed by atoms with Crippen LogP contribution in [0.4, 0.5) is 11.4 Å². The highest BCUT2D eigenvalue weighted by Gasteiger charge is 2.15. The Morgan fingerprint density at radius 3 is 2.13 bits per heavy atom. The molecule has 3 nitrogen and oxygen atoms in total. The number of aryl methyl sites for hydroxylation is 1. The molecule has 1 saturated heterocycles. The molecule has 0 spiro atoms. The van der Waals surface area contributed by atoms with Crippen molar-refractivity contribution in [3.8, 4) is 0 Å². The van der Waals surface area contributed by atoms with E-state index in [2.05, 4.69) is 77.5 Å². The molecule has 1 N–H and O–H groups in total. The molecule has 2 aromatic rings. The zero-order valence-corrected chi connectivity index (χ0v) is 14.3. The molecule has 0 aliphatic carbocycles. The Labute approximate surface area is 139 Å². The summed E-state index contributed by atoms with van der Waals surface area (Å²) in [5.74, 6) is 0. The number of rotatable bonds is 5. The first-order valence-electron chi connectivity index (χ1n) is 8.61. The van der Waals surface area contributed by atoms with Gasteiger partial charge in [-0.1, -0.05) is 36.8 Å². The normalized spacial score (nSPS) is 15.7. The zero-order valence-electron chi connectivity index (χ0n) is 14.3. The topological polar surface area (TPSA) is 18.5 Å². The van der Waals surface area contributed by atoms with E-state index < -0.39 is 0 Å². The molecule has 2 aromatic carbocycles. The van der Waals surface area contributed by atoms with Crippen molar-refractivity contribution >= 4 is 11.4 Å². The van der Waals surface area contributed by atoms with Crippen molar-refractivity contribution in [2.75, 3.05) is 42.9 Å². The van der Waals surface area contributed by atoms with Gasteiger partial charge in [0.2, 0.25) is 0 Å². The average Bonchev–Trinajstić information content (AvgIpc) is 2.62. The molecular weight excluding hydrogens is 282 g/mol. The molecule has 1 aliphatic heterocycles. The minimum absolute atomic E-state index is 0.870. The van der Waals surface area contributed by atoms with Crippen LogP contribution in [0.15, 0.2) is 48.5 Å². The highest BCUT2D eigenvalue weighted by atomic mass is 15.3. The fraction of sp³-hybridized carbons (Fsp3) is 0.400. The fourth-order valence-electron chi connectivity index (χ4n) is 3.02. The first-order chi connectivity index (χ1) is 11.2. The van der Waals surface area contributed by atoms with Crippen molar-refractivity contribution in [1.29, 1.82) is 0 Å². The van der Waals surface area contributed by atoms with Gasteiger partial charge in [0.15, 0.2) is 0 Å². The van der Waals surface area contributed by atoms with Crippen LogP contribution in [0, 0.1) is 6.92 Å². The largest absolute Gasteiger partial charge is 0.381 e. The predicted molar refractivity (Wildman–Crippen MR) is 99.3 cm³/mol. The van der Waals surface area contributed by atoms with Gasteiger partial charge >= 0.3 is 0 Å². The molecule has 0 atom stereocenters. The lowest BCUT2D eigenvalue weighted by atomic mass is 10.1. The number of anilines is 2. The van der Waals surface area contributed by atoms with Gasteiger partial charge in [0.05, 0.1) is 0 Å². The molecule has 0 amide bonds. The Hall–Kier alpha value is -2.00. The second kappa shape index (κ2) is 7.51. The standard InChI is InChI=1S/C20H27N3/c1-3-22-12-14-23(15-13-22)20-10-8-19(9-11-20)21-16-18-6-4-17(2)5-7-18/h4-11,21H,3,12-16H2,1-2H3. The van der Waals surface area contributed by atoms with Crippen LogP contribution in [0.5, 0.6) is 0 Å². The van der Waals surface area contributed by atoms with Crippen molar-refractivity contribution < 1.29 is 0 Å². The van der Waals surface area contributed by atoms with Gasteiger partial charge in [-0.2, -0.15) is 0 Å². The van der Waals surface area contributed by atoms with Gasteiger partial charge in [-0.3, -0.25) is 0 Å². The van der Waals surface area contributed by atoms with Crippen molar-refractivity contribution in [3.05, 3.63) is 59.7 Å². The van der Waals surface area contributed by atoms with E-state index in [0.717, 1.165) is 26.2 Å². The maximum atomic E-state index is 3.50. The van der Waals surface area contributed by atoms with Gasteiger partial charge in [-0.25, -0.2) is 0 Å². The highest BCUT2D eigenvalue weighted by Crippen LogP contribution is 2.20. The maximum Gasteiger partial charge on any atom is 0.0400 e. The average molecular weight is 309 g/mol. The molecule has 0 unspecified atom stereocenters. The summed E-state index contributed by atoms with van der Waals surface area (Å²) >= 11 is 0. The minimum Gasteiger partial charge on any atom is -0.381 e. The lowest BCUT2D eigenvalue weighted by molar-refractivity contribution is 0.271. The number of hydrogen-bond donors (Lipinski definition) is 1. The van der Waals surface area contributed by atoms with Crippen LogP contribution in [-0.2, 0) is 6.54 Å². The predicted octanol–water partition coefficient (Wildman–Crippen LogP) is 3.75. The molecule has 0 saturated carbocycles. The summed E-state index contributed by atoms with van der Waals surface area (Å²) in [7, 11) is 0. The monoisotopic (exact) mass is 309 g/mol. The molecule has 23 heavy (non-hydrogen) atoms. The second-order valence-corrected chi connectivity index (χ2v) is 6.31. The van der Waals surface area contributed by atoms with E-state index in [1.165, 1.54) is 35.6 Å². The molecular formula is C20H27N3. The van der Waals surface area contributed by atoms with Crippen LogP contribution in [0.25, 0.3) is 0 Å². The van der Waals surface area contributed by atoms with Gasteiger partial charge in [0.1, 0.15) is 0 Å². The van der Waals surface area contributed by atoms with E-state index in [4.69, 9.17) is 0 Å². The zero-order chi connectivity index (χ0) is 16.1. The maximum absolute atomic E-state index is 3.50. The molecule has 3 heteroatoms. The second-order valence-electron chi connectivity index (χ2n) is 6.31. The lowest BCUT2D eigenvalue weighted by Crippen LogP contribution is -2.46. The Kier molecular flexibility index (Phi) is 5.19. The molecule has 0 aromatic heterocycles. The van der Waals surface area contributed by atoms with Crippen molar-refractivity contribution in [2.24, 2.45) is 0 Å². The quantitative estimate of drug-likeness (QED) is 0.907. The summed E-state index contributed by atoms with van der Waals surface area (Å²) in [6.07, 6.45) is 0. The van der Waals surface area contributed by atoms with Crippen LogP contribution in [0.3, 0.4) is 0 Å². The SMILES string of the molecule is CCN1CCN(c2ccc(NCc3ccc(C)cc3)cc2)CC1. The van der Waals surface area contributed by atoms with Crippen LogP contribution in [0.2, 0.25) is 0 Å². The molecule has 1 fully saturated rings. The Morgan fingerprint density at radius 2 is 1.52 bits per heavy atom. The first-order valence-corrected chi connectivity index (χ1v) is 8.61. The van der Waals surface area contributed by atoms with E-state index >= 15 is 0 Å². The van der Waals surface area contributed by atoms with Gasteiger partial charge in [0.25, 0.3) is 0 Å². The molecule has 0 radical (unpaired) electrons. The molecule has 122 valence electrons. The molecule has 1 aliphatic rings. The third kappa shape index (κ3) is 4.26. The lowest BCUT2D eigenvalue weighted by Gasteiger charge is -2.35. The van der Waals surface area contributed by atoms with Crippen LogP contribution < -0.4 is 10.2 Å². The summed E-state index contributed by atoms with van der Waals surface area (Å²) in [6, 6.07) is 17.5. The molecule has 3 rings (SSSR count). The number of hydrogen-bond acceptors (Lipinski definition) is 3. The number of benzene rings is 2. The Bertz CT molecular complexity index is 596. The third-order valence-electron chi connectivity index (χ3n) is 4.67. The Balaban J connectivity index is 1.54. The van der Waals surface area contributed by atoms with Crippen molar-refractivity contribution in [1.82, 2.24) is 4.90 Å². The van der Waals surface area contributed by atoms with E-state index in [0.29, 0.717) is 0 Å². The van der Waals surface area contributed by atoms with Gasteiger partial charge in [0, 0.05) is 44.1 Å². The third-order valence-corrected chi connectivity index (χ3v) is 4.67. The van der Waals surface area contributed by atoms with E-state index in [9.17, 15) is 0 Å². The highest BCUT2D eigenvalue weighted by molar-refractivity contribution is 5.55. The summed E-state index contributed by atoms with van der Waals surface area (Å²) in [5, 5.41) is 3.50. The van der Waals surface area contributed by atoms with E-state index in [1.807, 2.05) is 0 Å². The van der Waals surface area contributed by atoms with Crippen LogP contribution >= 0.6 is 0 Å². The van der Waals surface area contributed by atoms with Gasteiger partial charge < -0.3 is 15.1 Å². The number of likely N-dealkylation sites (N-methyl/N-ethyl adjacent to an activating group) is 1. The van der Waals surface area contributed by atoms with Crippen LogP contribution in [-0.4, -0.2) is 37.6 Å². The van der Waals surface area contributed by atoms with E-state index in [-0.39, 0.29) is 0 Å². The number of piperazine rings is 1. The summed E-state index contributed by atoms with van der Waals surface area (Å²) < 4.78 is 0. The Morgan fingerprint density at radius 1 is 0.870 bits per heavy atom. The van der Waals surface area contributed by atoms with Crippen molar-refractivity contribution in [3.63, 3.8) is 0 Å². The molecule has 1 heterocycles. The summed E-state index contributed by atoms with van der Waals surface area (Å²) in [6.45, 7) is 11.0. The molecule has 0 bridgehead atoms. The number of nitrogens with zero attached hydrogens (tertiary/aromatic N) is 2. The summed E-state index contributed by atoms with van der Waals surface area (Å²) in [5.41, 5.74) is 5.14. The fourth-order valence-corrected chi connectivity index (χ4v) is 3.02. The van der Waals surface area contributed by atoms with Crippen LogP contribution in [0.1, 0.15) is 18.1 Å². The first kappa shape index (κ1) is 15.9. The van der Waals surface area contributed by atoms with Gasteiger partial charge in [-0.15, -0.1) is 0 Å².